The van der Waals surface area contributed by atoms with Crippen LogP contribution in [0.4, 0.5) is 0 Å². The maximum atomic E-state index is 4.74. The maximum Gasteiger partial charge on any atom is 0.159 e. The van der Waals surface area contributed by atoms with Crippen LogP contribution >= 0.6 is 0 Å². The first-order valence-corrected chi connectivity index (χ1v) is 7.31. The van der Waals surface area contributed by atoms with E-state index in [0.717, 1.165) is 35.5 Å². The number of benzene rings is 1. The Morgan fingerprint density at radius 2 is 2.00 bits per heavy atom. The Hall–Kier alpha value is -2.20. The van der Waals surface area contributed by atoms with Crippen molar-refractivity contribution in [3.8, 4) is 5.82 Å². The summed E-state index contributed by atoms with van der Waals surface area (Å²) < 4.78 is 1.95. The average molecular weight is 280 g/mol. The molecule has 0 aliphatic rings. The molecule has 0 aliphatic heterocycles. The number of hydrogen-bond acceptors (Lipinski definition) is 3. The molecule has 2 aromatic heterocycles. The van der Waals surface area contributed by atoms with Gasteiger partial charge in [-0.25, -0.2) is 9.67 Å². The summed E-state index contributed by atoms with van der Waals surface area (Å²) in [6, 6.07) is 10.3. The van der Waals surface area contributed by atoms with Crippen molar-refractivity contribution in [2.75, 3.05) is 6.54 Å². The Kier molecular flexibility index (Phi) is 3.71. The quantitative estimate of drug-likeness (QED) is 0.798. The second-order valence-electron chi connectivity index (χ2n) is 5.28. The second kappa shape index (κ2) is 5.66. The van der Waals surface area contributed by atoms with Crippen LogP contribution in [0.2, 0.25) is 0 Å². The number of hydrogen-bond donors (Lipinski definition) is 1. The number of rotatable bonds is 4. The van der Waals surface area contributed by atoms with Crippen LogP contribution in [-0.2, 0) is 6.54 Å². The van der Waals surface area contributed by atoms with Gasteiger partial charge in [-0.05, 0) is 38.1 Å². The Labute approximate surface area is 124 Å². The minimum Gasteiger partial charge on any atom is -0.313 e. The lowest BCUT2D eigenvalue weighted by atomic mass is 10.1. The number of nitrogens with zero attached hydrogens (tertiary/aromatic N) is 3. The van der Waals surface area contributed by atoms with Crippen LogP contribution in [0, 0.1) is 13.8 Å². The van der Waals surface area contributed by atoms with Crippen molar-refractivity contribution in [3.63, 3.8) is 0 Å². The van der Waals surface area contributed by atoms with Gasteiger partial charge in [0, 0.05) is 23.2 Å². The van der Waals surface area contributed by atoms with Crippen LogP contribution < -0.4 is 5.32 Å². The molecule has 1 aromatic carbocycles. The fraction of sp³-hybridized carbons (Fsp3) is 0.294. The van der Waals surface area contributed by atoms with Crippen molar-refractivity contribution in [1.29, 1.82) is 0 Å². The normalized spacial score (nSPS) is 11.2. The predicted molar refractivity (Wildman–Crippen MR) is 85.7 cm³/mol. The van der Waals surface area contributed by atoms with E-state index in [-0.39, 0.29) is 0 Å². The van der Waals surface area contributed by atoms with Crippen molar-refractivity contribution in [1.82, 2.24) is 20.1 Å². The van der Waals surface area contributed by atoms with E-state index in [1.165, 1.54) is 11.1 Å². The zero-order valence-corrected chi connectivity index (χ0v) is 12.7. The average Bonchev–Trinajstić information content (AvgIpc) is 2.89. The van der Waals surface area contributed by atoms with E-state index in [1.54, 1.807) is 0 Å². The minimum atomic E-state index is 0.805. The summed E-state index contributed by atoms with van der Waals surface area (Å²) in [4.78, 5) is 4.74. The Bertz CT molecular complexity index is 774. The van der Waals surface area contributed by atoms with Crippen LogP contribution in [0.25, 0.3) is 16.7 Å². The third-order valence-corrected chi connectivity index (χ3v) is 3.68. The highest BCUT2D eigenvalue weighted by Crippen LogP contribution is 2.22. The van der Waals surface area contributed by atoms with Gasteiger partial charge in [-0.15, -0.1) is 0 Å². The number of aryl methyl sites for hydroxylation is 2. The minimum absolute atomic E-state index is 0.805. The highest BCUT2D eigenvalue weighted by Gasteiger charge is 2.13. The number of para-hydroxylation sites is 1. The van der Waals surface area contributed by atoms with Crippen LogP contribution in [0.1, 0.15) is 23.7 Å². The molecule has 0 saturated carbocycles. The van der Waals surface area contributed by atoms with Crippen molar-refractivity contribution in [2.24, 2.45) is 0 Å². The van der Waals surface area contributed by atoms with Gasteiger partial charge in [-0.2, -0.15) is 5.10 Å². The van der Waals surface area contributed by atoms with Gasteiger partial charge in [-0.3, -0.25) is 0 Å². The maximum absolute atomic E-state index is 4.74. The Morgan fingerprint density at radius 1 is 1.19 bits per heavy atom. The molecule has 0 unspecified atom stereocenters. The van der Waals surface area contributed by atoms with E-state index >= 15 is 0 Å². The molecule has 0 amide bonds. The summed E-state index contributed by atoms with van der Waals surface area (Å²) in [5.74, 6) is 0.926. The monoisotopic (exact) mass is 280 g/mol. The van der Waals surface area contributed by atoms with Gasteiger partial charge in [0.1, 0.15) is 0 Å². The van der Waals surface area contributed by atoms with Gasteiger partial charge in [0.25, 0.3) is 0 Å². The summed E-state index contributed by atoms with van der Waals surface area (Å²) in [7, 11) is 0. The molecule has 0 fully saturated rings. The molecule has 4 heteroatoms. The standard InChI is InChI=1S/C17H20N4/c1-4-18-11-15-12(2)9-13(3)20-17(15)21-16-8-6-5-7-14(16)10-19-21/h5-10,18H,4,11H2,1-3H3. The molecule has 0 spiro atoms. The van der Waals surface area contributed by atoms with E-state index in [9.17, 15) is 0 Å². The molecule has 3 aromatic rings. The van der Waals surface area contributed by atoms with E-state index in [1.807, 2.05) is 29.9 Å². The van der Waals surface area contributed by atoms with Crippen LogP contribution in [0.15, 0.2) is 36.5 Å². The summed E-state index contributed by atoms with van der Waals surface area (Å²) in [6.07, 6.45) is 1.89. The van der Waals surface area contributed by atoms with Crippen LogP contribution in [0.5, 0.6) is 0 Å². The molecule has 108 valence electrons. The smallest absolute Gasteiger partial charge is 0.159 e. The Morgan fingerprint density at radius 3 is 2.81 bits per heavy atom. The molecule has 2 heterocycles. The lowest BCUT2D eigenvalue weighted by Crippen LogP contribution is -2.17. The second-order valence-corrected chi connectivity index (χ2v) is 5.28. The molecule has 0 saturated heterocycles. The van der Waals surface area contributed by atoms with Crippen LogP contribution in [-0.4, -0.2) is 21.3 Å². The van der Waals surface area contributed by atoms with E-state index in [4.69, 9.17) is 4.98 Å². The van der Waals surface area contributed by atoms with Gasteiger partial charge in [0.2, 0.25) is 0 Å². The van der Waals surface area contributed by atoms with Gasteiger partial charge >= 0.3 is 0 Å². The third-order valence-electron chi connectivity index (χ3n) is 3.68. The van der Waals surface area contributed by atoms with E-state index < -0.39 is 0 Å². The van der Waals surface area contributed by atoms with Crippen molar-refractivity contribution >= 4 is 10.9 Å². The van der Waals surface area contributed by atoms with Gasteiger partial charge in [0.05, 0.1) is 11.7 Å². The lowest BCUT2D eigenvalue weighted by Gasteiger charge is -2.14. The molecule has 21 heavy (non-hydrogen) atoms. The van der Waals surface area contributed by atoms with Crippen molar-refractivity contribution < 1.29 is 0 Å². The summed E-state index contributed by atoms with van der Waals surface area (Å²) in [5.41, 5.74) is 4.56. The fourth-order valence-corrected chi connectivity index (χ4v) is 2.63. The first-order valence-electron chi connectivity index (χ1n) is 7.31. The zero-order chi connectivity index (χ0) is 14.8. The molecule has 4 nitrogen and oxygen atoms in total. The summed E-state index contributed by atoms with van der Waals surface area (Å²) >= 11 is 0. The first-order chi connectivity index (χ1) is 10.2. The highest BCUT2D eigenvalue weighted by atomic mass is 15.3. The van der Waals surface area contributed by atoms with E-state index in [0.29, 0.717) is 0 Å². The van der Waals surface area contributed by atoms with Gasteiger partial charge in [-0.1, -0.05) is 25.1 Å². The predicted octanol–water partition coefficient (Wildman–Crippen LogP) is 3.15. The molecule has 0 aliphatic carbocycles. The van der Waals surface area contributed by atoms with Gasteiger partial charge < -0.3 is 5.32 Å². The largest absolute Gasteiger partial charge is 0.313 e. The summed E-state index contributed by atoms with van der Waals surface area (Å²) in [6.45, 7) is 8.02. The molecule has 0 bridgehead atoms. The molecule has 3 rings (SSSR count). The SMILES string of the molecule is CCNCc1c(C)cc(C)nc1-n1ncc2ccccc21. The van der Waals surface area contributed by atoms with E-state index in [2.05, 4.69) is 42.5 Å². The first kappa shape index (κ1) is 13.8. The number of aromatic nitrogens is 3. The molecular formula is C17H20N4. The van der Waals surface area contributed by atoms with Crippen molar-refractivity contribution in [3.05, 3.63) is 53.3 Å². The number of fused-ring (bicyclic) bond motifs is 1. The number of pyridine rings is 1. The summed E-state index contributed by atoms with van der Waals surface area (Å²) in [5, 5.41) is 9.07. The molecule has 0 radical (unpaired) electrons. The molecule has 0 atom stereocenters. The lowest BCUT2D eigenvalue weighted by molar-refractivity contribution is 0.707. The molecule has 1 N–H and O–H groups in total. The molecular weight excluding hydrogens is 260 g/mol. The van der Waals surface area contributed by atoms with Crippen LogP contribution in [0.3, 0.4) is 0 Å². The zero-order valence-electron chi connectivity index (χ0n) is 12.7. The fourth-order valence-electron chi connectivity index (χ4n) is 2.63. The topological polar surface area (TPSA) is 42.7 Å². The number of nitrogens with one attached hydrogen (secondary N) is 1. The van der Waals surface area contributed by atoms with Crippen molar-refractivity contribution in [2.45, 2.75) is 27.3 Å². The van der Waals surface area contributed by atoms with Gasteiger partial charge in [0.15, 0.2) is 5.82 Å². The third kappa shape index (κ3) is 2.54. The highest BCUT2D eigenvalue weighted by molar-refractivity contribution is 5.80. The Balaban J connectivity index is 2.20.